The van der Waals surface area contributed by atoms with E-state index in [2.05, 4.69) is 0 Å². The second-order valence-corrected chi connectivity index (χ2v) is 24.1. The second kappa shape index (κ2) is 33.8. The molecule has 10 atom stereocenters. The Balaban J connectivity index is 0.912. The molecule has 0 unspecified atom stereocenters. The van der Waals surface area contributed by atoms with Crippen molar-refractivity contribution in [1.82, 2.24) is 0 Å². The molecule has 12 rings (SSSR count). The molecule has 2 aliphatic heterocycles. The Bertz CT molecular complexity index is 4700. The highest BCUT2D eigenvalue weighted by atomic mass is 16.7. The Morgan fingerprint density at radius 1 is 0.385 bits per heavy atom. The van der Waals surface area contributed by atoms with Crippen molar-refractivity contribution in [3.63, 3.8) is 0 Å². The molecular weight excluding hydrogens is 1340 g/mol. The van der Waals surface area contributed by atoms with Gasteiger partial charge in [-0.25, -0.2) is 33.6 Å². The molecule has 0 radical (unpaired) electrons. The molecule has 528 valence electrons. The van der Waals surface area contributed by atoms with Gasteiger partial charge >= 0.3 is 47.8 Å². The SMILES string of the molecule is CCCCCC(=O)Oc1cc(O[C@@H]2O[C@H](COC(=O)c3ccccc3)[C@@H](OC(=O)c3ccccc3)[C@H](OC(=O)c3ccccc3)[C@H]2OC(=O)c2ccccc2)cc2oc(-c3ccc(O[C@@H]4O[C@@H](C)[C@H](OC(=O)c5ccccc5)[C@@H](OC(=O)c5ccccc5)[C@H]4OC(=O)c4ccccc4)cc3)cc(=O)c12. The fourth-order valence-corrected chi connectivity index (χ4v) is 11.6. The number of hydrogen-bond donors (Lipinski definition) is 0. The molecule has 0 spiro atoms. The van der Waals surface area contributed by atoms with Gasteiger partial charge in [0.25, 0.3) is 0 Å². The summed E-state index contributed by atoms with van der Waals surface area (Å²) in [6.07, 6.45) is -14.2. The summed E-state index contributed by atoms with van der Waals surface area (Å²) < 4.78 is 81.8. The van der Waals surface area contributed by atoms with Crippen LogP contribution in [0.5, 0.6) is 17.2 Å². The van der Waals surface area contributed by atoms with E-state index in [1.807, 2.05) is 6.92 Å². The van der Waals surface area contributed by atoms with Crippen molar-refractivity contribution in [3.8, 4) is 28.6 Å². The number of benzene rings is 9. The van der Waals surface area contributed by atoms with E-state index in [4.69, 9.17) is 61.3 Å². The lowest BCUT2D eigenvalue weighted by Crippen LogP contribution is -2.63. The van der Waals surface area contributed by atoms with Gasteiger partial charge in [0.1, 0.15) is 46.7 Å². The third-order valence-corrected chi connectivity index (χ3v) is 16.8. The standard InChI is InChI=1S/C82H68O22/c1-3-4-12-41-66(84)97-64-47-60(95-82-73(104-80(91)58-39-25-11-26-40-58)71(102-78(89)56-35-21-9-22-36-56)69(100-76(87)54-31-17-7-18-32-54)65(98-82)49-92-74(85)52-27-13-5-14-28-52)46-63-67(64)61(83)48-62(96-63)51-42-44-59(45-43-51)94-81-72(103-79(90)57-37-23-10-24-38-57)70(101-77(88)55-33-19-8-20-34-55)68(50(2)93-81)99-75(86)53-29-15-6-16-30-53/h5-11,13-40,42-48,50,65,68-73,81-82H,3-4,12,41,49H2,1-2H3/t50-,65+,68-,69+,70+,71-,72+,73+,81-,82+/m0/s1. The van der Waals surface area contributed by atoms with Gasteiger partial charge in [0, 0.05) is 30.2 Å². The molecule has 22 nitrogen and oxygen atoms in total. The van der Waals surface area contributed by atoms with Crippen LogP contribution in [0, 0.1) is 0 Å². The van der Waals surface area contributed by atoms with Gasteiger partial charge in [-0.05, 0) is 123 Å². The smallest absolute Gasteiger partial charge is 0.338 e. The molecule has 9 aromatic carbocycles. The van der Waals surface area contributed by atoms with Crippen LogP contribution in [0.15, 0.2) is 264 Å². The highest BCUT2D eigenvalue weighted by Gasteiger charge is 2.55. The number of fused-ring (bicyclic) bond motifs is 1. The van der Waals surface area contributed by atoms with Crippen LogP contribution in [0.4, 0.5) is 0 Å². The average molecular weight is 1410 g/mol. The third kappa shape index (κ3) is 17.6. The monoisotopic (exact) mass is 1400 g/mol. The van der Waals surface area contributed by atoms with Gasteiger partial charge in [-0.2, -0.15) is 0 Å². The van der Waals surface area contributed by atoms with Gasteiger partial charge < -0.3 is 61.3 Å². The van der Waals surface area contributed by atoms with Crippen molar-refractivity contribution in [2.24, 2.45) is 0 Å². The Morgan fingerprint density at radius 2 is 0.760 bits per heavy atom. The minimum Gasteiger partial charge on any atom is -0.461 e. The maximum Gasteiger partial charge on any atom is 0.338 e. The predicted octanol–water partition coefficient (Wildman–Crippen LogP) is 13.4. The first-order chi connectivity index (χ1) is 50.6. The lowest BCUT2D eigenvalue weighted by molar-refractivity contribution is -0.275. The fourth-order valence-electron chi connectivity index (χ4n) is 11.6. The molecule has 2 saturated heterocycles. The van der Waals surface area contributed by atoms with E-state index in [1.54, 1.807) is 146 Å². The summed E-state index contributed by atoms with van der Waals surface area (Å²) in [4.78, 5) is 127. The molecule has 10 aromatic rings. The highest BCUT2D eigenvalue weighted by molar-refractivity contribution is 5.94. The average Bonchev–Trinajstić information content (AvgIpc) is 0.770. The number of esters is 8. The Kier molecular flexibility index (Phi) is 23.1. The first-order valence-electron chi connectivity index (χ1n) is 33.5. The normalized spacial score (nSPS) is 19.7. The first-order valence-corrected chi connectivity index (χ1v) is 33.5. The van der Waals surface area contributed by atoms with E-state index in [9.17, 15) is 43.2 Å². The lowest BCUT2D eigenvalue weighted by atomic mass is 9.97. The van der Waals surface area contributed by atoms with Crippen LogP contribution in [-0.2, 0) is 47.4 Å². The summed E-state index contributed by atoms with van der Waals surface area (Å²) in [6, 6.07) is 65.3. The maximum atomic E-state index is 14.7. The topological polar surface area (TPSA) is 278 Å². The van der Waals surface area contributed by atoms with Gasteiger partial charge in [0.15, 0.2) is 29.8 Å². The molecule has 0 N–H and O–H groups in total. The molecular formula is C82H68O22. The van der Waals surface area contributed by atoms with Crippen molar-refractivity contribution in [1.29, 1.82) is 0 Å². The maximum absolute atomic E-state index is 14.7. The Labute approximate surface area is 595 Å². The minimum atomic E-state index is -1.91. The van der Waals surface area contributed by atoms with E-state index in [0.29, 0.717) is 12.8 Å². The second-order valence-electron chi connectivity index (χ2n) is 24.1. The van der Waals surface area contributed by atoms with Crippen LogP contribution in [0.1, 0.15) is 112 Å². The quantitative estimate of drug-likeness (QED) is 0.0222. The molecule has 2 fully saturated rings. The van der Waals surface area contributed by atoms with Crippen LogP contribution >= 0.6 is 0 Å². The summed E-state index contributed by atoms with van der Waals surface area (Å²) in [5.74, 6) is -7.38. The number of carbonyl (C=O) groups is 8. The molecule has 0 bridgehead atoms. The van der Waals surface area contributed by atoms with E-state index in [0.717, 1.165) is 6.42 Å². The largest absolute Gasteiger partial charge is 0.461 e. The number of ether oxygens (including phenoxy) is 12. The van der Waals surface area contributed by atoms with E-state index in [1.165, 1.54) is 115 Å². The van der Waals surface area contributed by atoms with Gasteiger partial charge in [0.05, 0.1) is 45.0 Å². The summed E-state index contributed by atoms with van der Waals surface area (Å²) in [5.41, 5.74) is 0.121. The van der Waals surface area contributed by atoms with Crippen molar-refractivity contribution in [3.05, 3.63) is 304 Å². The van der Waals surface area contributed by atoms with Gasteiger partial charge in [-0.15, -0.1) is 0 Å². The molecule has 1 aromatic heterocycles. The van der Waals surface area contributed by atoms with E-state index < -0.39 is 121 Å². The van der Waals surface area contributed by atoms with Gasteiger partial charge in [0.2, 0.25) is 24.8 Å². The number of unbranched alkanes of at least 4 members (excludes halogenated alkanes) is 2. The molecule has 0 aliphatic carbocycles. The molecule has 22 heteroatoms. The fraction of sp³-hybridized carbons (Fsp3) is 0.207. The summed E-state index contributed by atoms with van der Waals surface area (Å²) in [5, 5.41) is -0.204. The van der Waals surface area contributed by atoms with Crippen LogP contribution in [0.2, 0.25) is 0 Å². The Hall–Kier alpha value is -12.5. The summed E-state index contributed by atoms with van der Waals surface area (Å²) in [6.45, 7) is 2.85. The van der Waals surface area contributed by atoms with Gasteiger partial charge in [-0.1, -0.05) is 147 Å². The first kappa shape index (κ1) is 71.3. The van der Waals surface area contributed by atoms with Crippen LogP contribution in [-0.4, -0.2) is 116 Å². The number of hydrogen-bond acceptors (Lipinski definition) is 22. The molecule has 104 heavy (non-hydrogen) atoms. The minimum absolute atomic E-state index is 0.0334. The van der Waals surface area contributed by atoms with Gasteiger partial charge in [-0.3, -0.25) is 9.59 Å². The summed E-state index contributed by atoms with van der Waals surface area (Å²) >= 11 is 0. The van der Waals surface area contributed by atoms with E-state index >= 15 is 0 Å². The van der Waals surface area contributed by atoms with Crippen molar-refractivity contribution in [2.75, 3.05) is 6.61 Å². The van der Waals surface area contributed by atoms with Crippen LogP contribution in [0.3, 0.4) is 0 Å². The Morgan fingerprint density at radius 3 is 1.19 bits per heavy atom. The lowest BCUT2D eigenvalue weighted by Gasteiger charge is -2.44. The predicted molar refractivity (Wildman–Crippen MR) is 373 cm³/mol. The highest BCUT2D eigenvalue weighted by Crippen LogP contribution is 2.39. The molecule has 3 heterocycles. The number of rotatable bonds is 25. The molecule has 0 saturated carbocycles. The number of carbonyl (C=O) groups excluding carboxylic acids is 8. The zero-order valence-electron chi connectivity index (χ0n) is 56.0. The van der Waals surface area contributed by atoms with Crippen molar-refractivity contribution >= 4 is 58.7 Å². The van der Waals surface area contributed by atoms with Crippen LogP contribution in [0.25, 0.3) is 22.3 Å². The zero-order valence-corrected chi connectivity index (χ0v) is 56.0. The van der Waals surface area contributed by atoms with Crippen LogP contribution < -0.4 is 19.6 Å². The zero-order chi connectivity index (χ0) is 72.5. The third-order valence-electron chi connectivity index (χ3n) is 16.8. The van der Waals surface area contributed by atoms with E-state index in [-0.39, 0.29) is 84.9 Å². The molecule has 2 aliphatic rings. The van der Waals surface area contributed by atoms with Crippen molar-refractivity contribution in [2.45, 2.75) is 101 Å². The van der Waals surface area contributed by atoms with Crippen molar-refractivity contribution < 1.29 is 99.6 Å². The summed E-state index contributed by atoms with van der Waals surface area (Å²) in [7, 11) is 0. The molecule has 0 amide bonds.